The summed E-state index contributed by atoms with van der Waals surface area (Å²) >= 11 is 1.24. The van der Waals surface area contributed by atoms with E-state index in [2.05, 4.69) is 15.4 Å². The van der Waals surface area contributed by atoms with Gasteiger partial charge in [0.1, 0.15) is 17.5 Å². The van der Waals surface area contributed by atoms with Crippen molar-refractivity contribution in [2.24, 2.45) is 0 Å². The Hall–Kier alpha value is -4.90. The quantitative estimate of drug-likeness (QED) is 0.0870. The molecule has 0 aliphatic carbocycles. The fourth-order valence-electron chi connectivity index (χ4n) is 5.85. The fraction of sp³-hybridized carbons (Fsp3) is 0.242. The first-order chi connectivity index (χ1) is 23.3. The Balaban J connectivity index is 0.00000486. The minimum Gasteiger partial charge on any atom is -0.548 e. The molecule has 15 nitrogen and oxygen atoms in total. The standard InChI is InChI=1S/C33H28N4O11S.Na/c1-33(2)24(30(42)43)37-28(41)22(29(37)49-33)35-26(39)21(16-8-5-4-6-9-16)34-25(38)17-12-14-18(15-13-17)36-27(40)19-10-7-11-20(47-32(45)46-3)23(19)48-31(36)44;/h4-15,21-22,24,29H,1-3H3,(H,34,38)(H,35,39)(H,42,43);/q;+1/p-1/t21-,22-,24+,29-;/m1./s1. The third kappa shape index (κ3) is 6.54. The van der Waals surface area contributed by atoms with Crippen LogP contribution in [0, 0.1) is 0 Å². The molecule has 3 amide bonds. The number of rotatable bonds is 8. The molecule has 50 heavy (non-hydrogen) atoms. The number of aliphatic carboxylic acids is 1. The van der Waals surface area contributed by atoms with E-state index in [1.165, 1.54) is 59.1 Å². The van der Waals surface area contributed by atoms with Crippen molar-refractivity contribution in [2.75, 3.05) is 7.11 Å². The molecule has 2 aliphatic heterocycles. The van der Waals surface area contributed by atoms with Gasteiger partial charge in [-0.25, -0.2) is 14.2 Å². The summed E-state index contributed by atoms with van der Waals surface area (Å²) in [5.41, 5.74) is -0.491. The predicted octanol–water partition coefficient (Wildman–Crippen LogP) is -2.14. The first-order valence-corrected chi connectivity index (χ1v) is 15.6. The van der Waals surface area contributed by atoms with Gasteiger partial charge in [0.05, 0.1) is 30.2 Å². The second-order valence-electron chi connectivity index (χ2n) is 11.6. The topological polar surface area (TPSA) is 206 Å². The number of β-lactam (4-membered cyclic amide) rings is 1. The number of methoxy groups -OCH3 is 1. The summed E-state index contributed by atoms with van der Waals surface area (Å²) in [6.45, 7) is 3.37. The summed E-state index contributed by atoms with van der Waals surface area (Å²) < 4.78 is 14.6. The van der Waals surface area contributed by atoms with E-state index < -0.39 is 69.4 Å². The van der Waals surface area contributed by atoms with Gasteiger partial charge in [-0.1, -0.05) is 36.4 Å². The maximum absolute atomic E-state index is 13.6. The molecule has 0 saturated carbocycles. The smallest absolute Gasteiger partial charge is 0.548 e. The minimum absolute atomic E-state index is 0. The van der Waals surface area contributed by atoms with Crippen molar-refractivity contribution in [2.45, 2.75) is 42.1 Å². The summed E-state index contributed by atoms with van der Waals surface area (Å²) in [6, 6.07) is 14.3. The van der Waals surface area contributed by atoms with Crippen molar-refractivity contribution in [3.05, 3.63) is 105 Å². The number of nitrogens with zero attached hydrogens (tertiary/aromatic N) is 2. The Morgan fingerprint density at radius 1 is 0.960 bits per heavy atom. The number of para-hydroxylation sites is 1. The van der Waals surface area contributed by atoms with E-state index in [0.29, 0.717) is 5.56 Å². The third-order valence-electron chi connectivity index (χ3n) is 8.16. The molecule has 0 bridgehead atoms. The van der Waals surface area contributed by atoms with Crippen LogP contribution in [-0.4, -0.2) is 68.6 Å². The molecule has 2 aliphatic rings. The zero-order valence-corrected chi connectivity index (χ0v) is 29.8. The van der Waals surface area contributed by atoms with Gasteiger partial charge in [-0.05, 0) is 55.8 Å². The van der Waals surface area contributed by atoms with Crippen molar-refractivity contribution in [3.8, 4) is 11.4 Å². The van der Waals surface area contributed by atoms with Gasteiger partial charge in [-0.2, -0.15) is 0 Å². The van der Waals surface area contributed by atoms with E-state index in [0.717, 1.165) is 11.7 Å². The second-order valence-corrected chi connectivity index (χ2v) is 13.4. The number of amides is 3. The molecule has 0 spiro atoms. The first-order valence-electron chi connectivity index (χ1n) is 14.7. The summed E-state index contributed by atoms with van der Waals surface area (Å²) in [4.78, 5) is 90.7. The summed E-state index contributed by atoms with van der Waals surface area (Å²) in [6.07, 6.45) is -1.08. The minimum atomic E-state index is -1.38. The summed E-state index contributed by atoms with van der Waals surface area (Å²) in [5.74, 6) is -4.62. The second kappa shape index (κ2) is 14.1. The van der Waals surface area contributed by atoms with Gasteiger partial charge < -0.3 is 39.3 Å². The molecule has 6 rings (SSSR count). The summed E-state index contributed by atoms with van der Waals surface area (Å²) in [7, 11) is 1.09. The fourth-order valence-corrected chi connectivity index (χ4v) is 7.47. The number of carboxylic acid groups (broad SMARTS) is 1. The number of ether oxygens (including phenoxy) is 2. The number of carboxylic acids is 1. The third-order valence-corrected chi connectivity index (χ3v) is 9.74. The number of fused-ring (bicyclic) bond motifs is 2. The van der Waals surface area contributed by atoms with Crippen LogP contribution in [-0.2, 0) is 19.1 Å². The van der Waals surface area contributed by atoms with Gasteiger partial charge in [-0.15, -0.1) is 11.8 Å². The van der Waals surface area contributed by atoms with Crippen LogP contribution >= 0.6 is 11.8 Å². The van der Waals surface area contributed by atoms with E-state index >= 15 is 0 Å². The van der Waals surface area contributed by atoms with Crippen LogP contribution in [0.2, 0.25) is 0 Å². The van der Waals surface area contributed by atoms with Crippen molar-refractivity contribution < 1.29 is 72.5 Å². The van der Waals surface area contributed by atoms with Crippen LogP contribution in [0.4, 0.5) is 4.79 Å². The Bertz CT molecular complexity index is 2140. The van der Waals surface area contributed by atoms with Crippen molar-refractivity contribution >= 4 is 52.6 Å². The predicted molar refractivity (Wildman–Crippen MR) is 171 cm³/mol. The zero-order chi connectivity index (χ0) is 35.2. The molecule has 252 valence electrons. The SMILES string of the molecule is COC(=O)Oc1cccc2c(=O)n(-c3ccc(C(=O)N[C@@H](C(=O)N[C@@H]4C(=O)N5[C@@H]4SC(C)(C)[C@@H]5C(=O)[O-])c4ccccc4)cc3)c(=O)oc12.[Na+]. The molecule has 2 N–H and O–H groups in total. The van der Waals surface area contributed by atoms with E-state index in [9.17, 15) is 38.7 Å². The van der Waals surface area contributed by atoms with Gasteiger partial charge in [0.25, 0.3) is 11.5 Å². The number of hydrogen-bond donors (Lipinski definition) is 2. The Kier molecular flexibility index (Phi) is 10.3. The van der Waals surface area contributed by atoms with E-state index in [4.69, 9.17) is 9.15 Å². The number of carbonyl (C=O) groups excluding carboxylic acids is 5. The Morgan fingerprint density at radius 2 is 1.64 bits per heavy atom. The van der Waals surface area contributed by atoms with E-state index in [-0.39, 0.29) is 57.5 Å². The largest absolute Gasteiger partial charge is 1.00 e. The van der Waals surface area contributed by atoms with Crippen molar-refractivity contribution in [3.63, 3.8) is 0 Å². The Labute approximate surface area is 309 Å². The van der Waals surface area contributed by atoms with Crippen molar-refractivity contribution in [1.29, 1.82) is 0 Å². The molecular formula is C33H27N4NaO11S. The molecule has 4 atom stereocenters. The number of aromatic nitrogens is 1. The van der Waals surface area contributed by atoms with Gasteiger partial charge in [0.2, 0.25) is 11.8 Å². The van der Waals surface area contributed by atoms with E-state index in [1.54, 1.807) is 44.2 Å². The summed E-state index contributed by atoms with van der Waals surface area (Å²) in [5, 5.41) is 16.4. The number of nitrogens with one attached hydrogen (secondary N) is 2. The molecule has 17 heteroatoms. The molecule has 0 radical (unpaired) electrons. The van der Waals surface area contributed by atoms with Gasteiger partial charge in [-0.3, -0.25) is 19.2 Å². The molecule has 3 heterocycles. The molecule has 0 unspecified atom stereocenters. The molecule has 3 aromatic carbocycles. The number of thioether (sulfide) groups is 1. The maximum Gasteiger partial charge on any atom is 1.00 e. The first kappa shape index (κ1) is 36.4. The zero-order valence-electron chi connectivity index (χ0n) is 27.0. The number of benzene rings is 3. The normalized spacial score (nSPS) is 19.3. The molecule has 4 aromatic rings. The van der Waals surface area contributed by atoms with Crippen LogP contribution in [0.15, 0.2) is 86.8 Å². The van der Waals surface area contributed by atoms with Crippen LogP contribution in [0.3, 0.4) is 0 Å². The molecule has 1 aromatic heterocycles. The molecular weight excluding hydrogens is 683 g/mol. The van der Waals surface area contributed by atoms with Crippen LogP contribution < -0.4 is 61.3 Å². The Morgan fingerprint density at radius 3 is 2.28 bits per heavy atom. The van der Waals surface area contributed by atoms with Crippen molar-refractivity contribution in [1.82, 2.24) is 20.1 Å². The van der Waals surface area contributed by atoms with Crippen LogP contribution in [0.1, 0.15) is 35.8 Å². The molecule has 2 fully saturated rings. The number of carbonyl (C=O) groups is 5. The van der Waals surface area contributed by atoms with Crippen LogP contribution in [0.5, 0.6) is 5.75 Å². The van der Waals surface area contributed by atoms with Crippen LogP contribution in [0.25, 0.3) is 16.7 Å². The number of hydrogen-bond acceptors (Lipinski definition) is 12. The maximum atomic E-state index is 13.6. The average molecular weight is 711 g/mol. The van der Waals surface area contributed by atoms with Gasteiger partial charge in [0, 0.05) is 10.3 Å². The average Bonchev–Trinajstić information content (AvgIpc) is 3.34. The monoisotopic (exact) mass is 710 g/mol. The van der Waals surface area contributed by atoms with E-state index in [1.807, 2.05) is 0 Å². The van der Waals surface area contributed by atoms with Gasteiger partial charge in [0.15, 0.2) is 11.3 Å². The van der Waals surface area contributed by atoms with Gasteiger partial charge >= 0.3 is 41.5 Å². The molecule has 2 saturated heterocycles.